The van der Waals surface area contributed by atoms with E-state index in [4.69, 9.17) is 16.3 Å². The van der Waals surface area contributed by atoms with Crippen molar-refractivity contribution in [2.24, 2.45) is 10.4 Å². The van der Waals surface area contributed by atoms with Gasteiger partial charge in [0, 0.05) is 28.6 Å². The number of halogens is 1. The van der Waals surface area contributed by atoms with Crippen molar-refractivity contribution in [3.8, 4) is 16.5 Å². The van der Waals surface area contributed by atoms with E-state index in [9.17, 15) is 0 Å². The minimum atomic E-state index is 0.422. The summed E-state index contributed by atoms with van der Waals surface area (Å²) in [5.74, 6) is 0. The van der Waals surface area contributed by atoms with Gasteiger partial charge in [-0.2, -0.15) is 0 Å². The van der Waals surface area contributed by atoms with Crippen molar-refractivity contribution in [1.29, 1.82) is 0 Å². The summed E-state index contributed by atoms with van der Waals surface area (Å²) in [5.41, 5.74) is 5.12. The molecule has 0 spiro atoms. The highest BCUT2D eigenvalue weighted by molar-refractivity contribution is 7.11. The van der Waals surface area contributed by atoms with E-state index >= 15 is 0 Å². The first-order valence-corrected chi connectivity index (χ1v) is 9.69. The van der Waals surface area contributed by atoms with E-state index in [2.05, 4.69) is 28.4 Å². The molecular formula is C19H18ClN5OS. The van der Waals surface area contributed by atoms with E-state index in [-0.39, 0.29) is 0 Å². The average Bonchev–Trinajstić information content (AvgIpc) is 3.30. The molecule has 8 heteroatoms. The summed E-state index contributed by atoms with van der Waals surface area (Å²) in [6, 6.07) is 13.7. The van der Waals surface area contributed by atoms with Crippen LogP contribution in [0.4, 0.5) is 5.69 Å². The number of nitrogens with zero attached hydrogens (tertiary/aromatic N) is 5. The molecule has 0 saturated heterocycles. The predicted molar refractivity (Wildman–Crippen MR) is 108 cm³/mol. The Balaban J connectivity index is 1.51. The number of rotatable bonds is 5. The number of anilines is 1. The maximum Gasteiger partial charge on any atom is 0.274 e. The highest BCUT2D eigenvalue weighted by Crippen LogP contribution is 2.31. The minimum absolute atomic E-state index is 0.422. The van der Waals surface area contributed by atoms with Gasteiger partial charge in [-0.1, -0.05) is 52.4 Å². The molecule has 0 amide bonds. The van der Waals surface area contributed by atoms with E-state index in [1.54, 1.807) is 5.01 Å². The summed E-state index contributed by atoms with van der Waals surface area (Å²) in [4.78, 5) is 4.58. The third-order valence-electron chi connectivity index (χ3n) is 4.27. The second kappa shape index (κ2) is 7.54. The summed E-state index contributed by atoms with van der Waals surface area (Å²) in [7, 11) is 1.89. The Bertz CT molecular complexity index is 972. The zero-order valence-electron chi connectivity index (χ0n) is 15.0. The second-order valence-electron chi connectivity index (χ2n) is 6.24. The Hall–Kier alpha value is -2.64. The number of hydrogen-bond acceptors (Lipinski definition) is 7. The first kappa shape index (κ1) is 17.8. The standard InChI is InChI=1S/C19H18ClN5OS/c1-13-4-3-5-18(25-12-24(2)22-23-25)16(13)10-26-19-21-17(11-27-19)14-6-8-15(20)9-7-14/h3-9,11H,10,12H2,1-2H3. The van der Waals surface area contributed by atoms with Crippen molar-refractivity contribution >= 4 is 28.6 Å². The van der Waals surface area contributed by atoms with E-state index < -0.39 is 0 Å². The molecule has 0 unspecified atom stereocenters. The fourth-order valence-electron chi connectivity index (χ4n) is 2.82. The number of aryl methyl sites for hydroxylation is 1. The SMILES string of the molecule is Cc1cccc(N2CN(C)N=N2)c1COc1nc(-c2ccc(Cl)cc2)cs1. The van der Waals surface area contributed by atoms with Crippen LogP contribution in [0.25, 0.3) is 11.3 Å². The van der Waals surface area contributed by atoms with Gasteiger partial charge in [0.25, 0.3) is 5.19 Å². The lowest BCUT2D eigenvalue weighted by molar-refractivity contribution is 0.304. The minimum Gasteiger partial charge on any atom is -0.465 e. The summed E-state index contributed by atoms with van der Waals surface area (Å²) in [6.45, 7) is 3.11. The summed E-state index contributed by atoms with van der Waals surface area (Å²) < 4.78 is 5.99. The van der Waals surface area contributed by atoms with Crippen LogP contribution in [0.2, 0.25) is 5.02 Å². The maximum absolute atomic E-state index is 5.99. The van der Waals surface area contributed by atoms with Crippen LogP contribution in [-0.2, 0) is 6.61 Å². The smallest absolute Gasteiger partial charge is 0.274 e. The molecule has 2 heterocycles. The lowest BCUT2D eigenvalue weighted by atomic mass is 10.1. The number of thiazole rings is 1. The average molecular weight is 400 g/mol. The van der Waals surface area contributed by atoms with Crippen molar-refractivity contribution in [3.63, 3.8) is 0 Å². The molecule has 1 aliphatic heterocycles. The summed E-state index contributed by atoms with van der Waals surface area (Å²) >= 11 is 7.43. The van der Waals surface area contributed by atoms with Crippen LogP contribution in [0.3, 0.4) is 0 Å². The summed E-state index contributed by atoms with van der Waals surface area (Å²) in [5, 5.41) is 15.2. The Morgan fingerprint density at radius 3 is 2.70 bits per heavy atom. The van der Waals surface area contributed by atoms with Gasteiger partial charge in [0.05, 0.1) is 11.4 Å². The first-order chi connectivity index (χ1) is 13.1. The maximum atomic E-state index is 5.99. The molecule has 0 atom stereocenters. The van der Waals surface area contributed by atoms with Crippen LogP contribution in [-0.4, -0.2) is 23.7 Å². The van der Waals surface area contributed by atoms with Gasteiger partial charge >= 0.3 is 0 Å². The highest BCUT2D eigenvalue weighted by Gasteiger charge is 2.19. The number of aromatic nitrogens is 1. The second-order valence-corrected chi connectivity index (χ2v) is 7.50. The fourth-order valence-corrected chi connectivity index (χ4v) is 3.62. The van der Waals surface area contributed by atoms with Gasteiger partial charge in [-0.3, -0.25) is 5.01 Å². The largest absolute Gasteiger partial charge is 0.465 e. The van der Waals surface area contributed by atoms with E-state index in [1.807, 2.05) is 53.8 Å². The molecule has 27 heavy (non-hydrogen) atoms. The molecule has 3 aromatic rings. The van der Waals surface area contributed by atoms with Crippen LogP contribution < -0.4 is 9.75 Å². The van der Waals surface area contributed by atoms with Gasteiger partial charge in [-0.25, -0.2) is 9.99 Å². The predicted octanol–water partition coefficient (Wildman–Crippen LogP) is 5.34. The van der Waals surface area contributed by atoms with Crippen LogP contribution in [0.1, 0.15) is 11.1 Å². The van der Waals surface area contributed by atoms with Crippen LogP contribution in [0.15, 0.2) is 58.3 Å². The molecule has 1 aliphatic rings. The Morgan fingerprint density at radius 2 is 1.96 bits per heavy atom. The van der Waals surface area contributed by atoms with Crippen molar-refractivity contribution in [3.05, 3.63) is 64.0 Å². The third kappa shape index (κ3) is 3.89. The molecule has 6 nitrogen and oxygen atoms in total. The molecule has 2 aromatic carbocycles. The number of ether oxygens (including phenoxy) is 1. The summed E-state index contributed by atoms with van der Waals surface area (Å²) in [6.07, 6.45) is 0. The molecule has 1 aromatic heterocycles. The molecule has 0 radical (unpaired) electrons. The van der Waals surface area contributed by atoms with Gasteiger partial charge in [0.2, 0.25) is 0 Å². The zero-order valence-corrected chi connectivity index (χ0v) is 16.5. The van der Waals surface area contributed by atoms with Crippen molar-refractivity contribution in [2.75, 3.05) is 18.7 Å². The van der Waals surface area contributed by atoms with E-state index in [0.717, 1.165) is 28.1 Å². The highest BCUT2D eigenvalue weighted by atomic mass is 35.5. The molecule has 0 bridgehead atoms. The Labute approximate surface area is 166 Å². The van der Waals surface area contributed by atoms with Gasteiger partial charge in [-0.15, -0.1) is 0 Å². The Morgan fingerprint density at radius 1 is 1.15 bits per heavy atom. The van der Waals surface area contributed by atoms with Gasteiger partial charge in [-0.05, 0) is 35.9 Å². The molecule has 0 N–H and O–H groups in total. The zero-order chi connectivity index (χ0) is 18.8. The van der Waals surface area contributed by atoms with Crippen LogP contribution >= 0.6 is 22.9 Å². The van der Waals surface area contributed by atoms with Gasteiger partial charge < -0.3 is 4.74 Å². The third-order valence-corrected chi connectivity index (χ3v) is 5.27. The topological polar surface area (TPSA) is 53.3 Å². The van der Waals surface area contributed by atoms with Crippen molar-refractivity contribution in [1.82, 2.24) is 9.99 Å². The van der Waals surface area contributed by atoms with Crippen LogP contribution in [0, 0.1) is 6.92 Å². The van der Waals surface area contributed by atoms with E-state index in [1.165, 1.54) is 11.3 Å². The Kier molecular flexibility index (Phi) is 4.96. The fraction of sp³-hybridized carbons (Fsp3) is 0.211. The van der Waals surface area contributed by atoms with Gasteiger partial charge in [0.15, 0.2) is 0 Å². The lowest BCUT2D eigenvalue weighted by Crippen LogP contribution is -2.23. The first-order valence-electron chi connectivity index (χ1n) is 8.43. The quantitative estimate of drug-likeness (QED) is 0.580. The molecule has 138 valence electrons. The number of benzene rings is 2. The van der Waals surface area contributed by atoms with Crippen LogP contribution in [0.5, 0.6) is 5.19 Å². The normalized spacial score (nSPS) is 13.4. The monoisotopic (exact) mass is 399 g/mol. The van der Waals surface area contributed by atoms with E-state index in [0.29, 0.717) is 23.5 Å². The van der Waals surface area contributed by atoms with Crippen molar-refractivity contribution < 1.29 is 4.74 Å². The molecular weight excluding hydrogens is 382 g/mol. The lowest BCUT2D eigenvalue weighted by Gasteiger charge is -2.19. The number of hydrogen-bond donors (Lipinski definition) is 0. The molecule has 4 rings (SSSR count). The molecule has 0 fully saturated rings. The molecule has 0 saturated carbocycles. The van der Waals surface area contributed by atoms with Gasteiger partial charge in [0.1, 0.15) is 13.3 Å². The van der Waals surface area contributed by atoms with Crippen molar-refractivity contribution in [2.45, 2.75) is 13.5 Å². The molecule has 0 aliphatic carbocycles.